The fourth-order valence-electron chi connectivity index (χ4n) is 3.63. The molecule has 1 aliphatic heterocycles. The molecular weight excluding hydrogens is 491 g/mol. The number of anilines is 1. The third-order valence-electron chi connectivity index (χ3n) is 5.33. The number of amides is 1. The lowest BCUT2D eigenvalue weighted by Gasteiger charge is -2.31. The van der Waals surface area contributed by atoms with Gasteiger partial charge in [0, 0.05) is 25.2 Å². The van der Waals surface area contributed by atoms with Crippen LogP contribution >= 0.6 is 23.2 Å². The Hall–Kier alpha value is -2.20. The van der Waals surface area contributed by atoms with Crippen LogP contribution in [0.5, 0.6) is 17.2 Å². The molecule has 0 aliphatic carbocycles. The number of methoxy groups -OCH3 is 2. The van der Waals surface area contributed by atoms with Crippen LogP contribution in [0, 0.1) is 5.92 Å². The summed E-state index contributed by atoms with van der Waals surface area (Å²) in [6, 6.07) is 7.48. The molecule has 1 aliphatic rings. The Morgan fingerprint density at radius 2 is 1.79 bits per heavy atom. The lowest BCUT2D eigenvalue weighted by atomic mass is 9.98. The van der Waals surface area contributed by atoms with Crippen LogP contribution in [0.3, 0.4) is 0 Å². The molecule has 1 saturated heterocycles. The van der Waals surface area contributed by atoms with Crippen LogP contribution in [-0.2, 0) is 14.8 Å². The number of hydrogen-bond acceptors (Lipinski definition) is 6. The Morgan fingerprint density at radius 3 is 2.42 bits per heavy atom. The first-order chi connectivity index (χ1) is 15.7. The van der Waals surface area contributed by atoms with E-state index in [9.17, 15) is 13.2 Å². The molecule has 1 fully saturated rings. The Kier molecular flexibility index (Phi) is 8.33. The van der Waals surface area contributed by atoms with Crippen molar-refractivity contribution in [3.8, 4) is 17.2 Å². The molecule has 3 rings (SSSR count). The van der Waals surface area contributed by atoms with Gasteiger partial charge in [-0.2, -0.15) is 4.31 Å². The van der Waals surface area contributed by atoms with E-state index in [0.29, 0.717) is 54.0 Å². The molecule has 33 heavy (non-hydrogen) atoms. The van der Waals surface area contributed by atoms with Crippen molar-refractivity contribution < 1.29 is 27.4 Å². The van der Waals surface area contributed by atoms with Crippen molar-refractivity contribution >= 4 is 44.8 Å². The van der Waals surface area contributed by atoms with E-state index in [2.05, 4.69) is 5.32 Å². The fraction of sp³-hybridized carbons (Fsp3) is 0.409. The first-order valence-electron chi connectivity index (χ1n) is 10.4. The summed E-state index contributed by atoms with van der Waals surface area (Å²) in [7, 11) is -0.902. The van der Waals surface area contributed by atoms with Crippen LogP contribution in [-0.4, -0.2) is 52.5 Å². The standard InChI is InChI=1S/C22H26Cl2N2O6S/c1-4-32-19-8-7-15(10-16(19)23)33(28,29)26-9-5-6-14(13-26)22(27)25-18-12-20(30-2)17(24)11-21(18)31-3/h7-8,10-12,14H,4-6,9,13H2,1-3H3,(H,25,27)/t14-/m0/s1. The van der Waals surface area contributed by atoms with E-state index in [1.807, 2.05) is 6.92 Å². The second-order valence-electron chi connectivity index (χ2n) is 7.40. The predicted octanol–water partition coefficient (Wildman–Crippen LogP) is 4.45. The third kappa shape index (κ3) is 5.66. The van der Waals surface area contributed by atoms with Crippen LogP contribution in [0.2, 0.25) is 10.0 Å². The van der Waals surface area contributed by atoms with Crippen molar-refractivity contribution in [3.05, 3.63) is 40.4 Å². The van der Waals surface area contributed by atoms with E-state index in [1.165, 1.54) is 36.7 Å². The van der Waals surface area contributed by atoms with E-state index in [0.717, 1.165) is 0 Å². The molecule has 0 aromatic heterocycles. The molecule has 1 atom stereocenters. The smallest absolute Gasteiger partial charge is 0.243 e. The average Bonchev–Trinajstić information content (AvgIpc) is 2.81. The lowest BCUT2D eigenvalue weighted by Crippen LogP contribution is -2.43. The zero-order valence-corrected chi connectivity index (χ0v) is 20.9. The molecule has 180 valence electrons. The molecule has 0 unspecified atom stereocenters. The van der Waals surface area contributed by atoms with Gasteiger partial charge in [0.15, 0.2) is 0 Å². The Bertz CT molecular complexity index is 1130. The first kappa shape index (κ1) is 25.4. The quantitative estimate of drug-likeness (QED) is 0.556. The molecule has 0 saturated carbocycles. The summed E-state index contributed by atoms with van der Waals surface area (Å²) in [4.78, 5) is 13.1. The van der Waals surface area contributed by atoms with Gasteiger partial charge in [-0.15, -0.1) is 0 Å². The molecule has 1 heterocycles. The van der Waals surface area contributed by atoms with E-state index >= 15 is 0 Å². The summed E-state index contributed by atoms with van der Waals surface area (Å²) in [5.41, 5.74) is 0.391. The van der Waals surface area contributed by atoms with E-state index in [1.54, 1.807) is 12.1 Å². The lowest BCUT2D eigenvalue weighted by molar-refractivity contribution is -0.120. The van der Waals surface area contributed by atoms with Gasteiger partial charge < -0.3 is 19.5 Å². The Morgan fingerprint density at radius 1 is 1.09 bits per heavy atom. The number of nitrogens with one attached hydrogen (secondary N) is 1. The predicted molar refractivity (Wildman–Crippen MR) is 127 cm³/mol. The number of piperidine rings is 1. The minimum Gasteiger partial charge on any atom is -0.495 e. The second-order valence-corrected chi connectivity index (χ2v) is 10.2. The summed E-state index contributed by atoms with van der Waals surface area (Å²) >= 11 is 12.3. The number of nitrogens with zero attached hydrogens (tertiary/aromatic N) is 1. The highest BCUT2D eigenvalue weighted by Gasteiger charge is 2.34. The largest absolute Gasteiger partial charge is 0.495 e. The highest BCUT2D eigenvalue weighted by molar-refractivity contribution is 7.89. The molecule has 0 radical (unpaired) electrons. The number of ether oxygens (including phenoxy) is 3. The molecule has 0 spiro atoms. The van der Waals surface area contributed by atoms with Gasteiger partial charge in [-0.05, 0) is 38.0 Å². The van der Waals surface area contributed by atoms with Crippen LogP contribution in [0.4, 0.5) is 5.69 Å². The monoisotopic (exact) mass is 516 g/mol. The van der Waals surface area contributed by atoms with Crippen LogP contribution < -0.4 is 19.5 Å². The van der Waals surface area contributed by atoms with Gasteiger partial charge in [0.05, 0.1) is 47.4 Å². The average molecular weight is 517 g/mol. The number of rotatable bonds is 8. The molecule has 11 heteroatoms. The summed E-state index contributed by atoms with van der Waals surface area (Å²) in [6.07, 6.45) is 1.10. The number of hydrogen-bond donors (Lipinski definition) is 1. The SMILES string of the molecule is CCOc1ccc(S(=O)(=O)N2CCC[C@H](C(=O)Nc3cc(OC)c(Cl)cc3OC)C2)cc1Cl. The number of carbonyl (C=O) groups is 1. The fourth-order valence-corrected chi connectivity index (χ4v) is 5.71. The summed E-state index contributed by atoms with van der Waals surface area (Å²) < 4.78 is 43.6. The van der Waals surface area contributed by atoms with Crippen LogP contribution in [0.15, 0.2) is 35.2 Å². The molecule has 0 bridgehead atoms. The third-order valence-corrected chi connectivity index (χ3v) is 7.78. The van der Waals surface area contributed by atoms with E-state index in [-0.39, 0.29) is 22.4 Å². The normalized spacial score (nSPS) is 16.8. The Labute approximate surface area is 203 Å². The van der Waals surface area contributed by atoms with Crippen molar-refractivity contribution in [3.63, 3.8) is 0 Å². The zero-order valence-electron chi connectivity index (χ0n) is 18.6. The molecule has 8 nitrogen and oxygen atoms in total. The minimum atomic E-state index is -3.83. The van der Waals surface area contributed by atoms with E-state index < -0.39 is 15.9 Å². The van der Waals surface area contributed by atoms with Crippen molar-refractivity contribution in [1.82, 2.24) is 4.31 Å². The summed E-state index contributed by atoms with van der Waals surface area (Å²) in [5, 5.41) is 3.37. The maximum atomic E-state index is 13.2. The van der Waals surface area contributed by atoms with Crippen molar-refractivity contribution in [2.45, 2.75) is 24.7 Å². The summed E-state index contributed by atoms with van der Waals surface area (Å²) in [6.45, 7) is 2.59. The van der Waals surface area contributed by atoms with Gasteiger partial charge in [-0.25, -0.2) is 8.42 Å². The van der Waals surface area contributed by atoms with Gasteiger partial charge in [0.1, 0.15) is 17.2 Å². The minimum absolute atomic E-state index is 0.0477. The van der Waals surface area contributed by atoms with Crippen molar-refractivity contribution in [2.75, 3.05) is 39.2 Å². The Balaban J connectivity index is 1.77. The molecule has 2 aromatic carbocycles. The molecule has 1 amide bonds. The molecule has 2 aromatic rings. The van der Waals surface area contributed by atoms with Crippen LogP contribution in [0.1, 0.15) is 19.8 Å². The molecular formula is C22H26Cl2N2O6S. The highest BCUT2D eigenvalue weighted by atomic mass is 35.5. The second kappa shape index (κ2) is 10.8. The van der Waals surface area contributed by atoms with Gasteiger partial charge in [-0.3, -0.25) is 4.79 Å². The maximum absolute atomic E-state index is 13.2. The van der Waals surface area contributed by atoms with Gasteiger partial charge in [-0.1, -0.05) is 23.2 Å². The van der Waals surface area contributed by atoms with Crippen molar-refractivity contribution in [1.29, 1.82) is 0 Å². The van der Waals surface area contributed by atoms with Gasteiger partial charge in [0.2, 0.25) is 15.9 Å². The maximum Gasteiger partial charge on any atom is 0.243 e. The molecule has 1 N–H and O–H groups in total. The zero-order chi connectivity index (χ0) is 24.2. The van der Waals surface area contributed by atoms with Gasteiger partial charge in [0.25, 0.3) is 0 Å². The van der Waals surface area contributed by atoms with Crippen LogP contribution in [0.25, 0.3) is 0 Å². The first-order valence-corrected chi connectivity index (χ1v) is 12.6. The topological polar surface area (TPSA) is 94.2 Å². The van der Waals surface area contributed by atoms with Gasteiger partial charge >= 0.3 is 0 Å². The number of carbonyl (C=O) groups excluding carboxylic acids is 1. The number of sulfonamides is 1. The summed E-state index contributed by atoms with van der Waals surface area (Å²) in [5.74, 6) is 0.313. The number of halogens is 2. The van der Waals surface area contributed by atoms with Crippen molar-refractivity contribution in [2.24, 2.45) is 5.92 Å². The number of benzene rings is 2. The van der Waals surface area contributed by atoms with E-state index in [4.69, 9.17) is 37.4 Å². The highest BCUT2D eigenvalue weighted by Crippen LogP contribution is 2.37.